The zero-order valence-electron chi connectivity index (χ0n) is 11.4. The Morgan fingerprint density at radius 1 is 1.35 bits per heavy atom. The van der Waals surface area contributed by atoms with Crippen LogP contribution in [0.1, 0.15) is 31.1 Å². The molecule has 112 valence electrons. The third kappa shape index (κ3) is 3.63. The average Bonchev–Trinajstić information content (AvgIpc) is 2.31. The minimum absolute atomic E-state index is 0.0168. The van der Waals surface area contributed by atoms with Crippen LogP contribution >= 0.6 is 23.2 Å². The van der Waals surface area contributed by atoms with Crippen LogP contribution in [0.15, 0.2) is 17.0 Å². The molecule has 0 aliphatic heterocycles. The van der Waals surface area contributed by atoms with E-state index in [-0.39, 0.29) is 32.5 Å². The Morgan fingerprint density at radius 2 is 1.90 bits per heavy atom. The number of hydrogen-bond acceptors (Lipinski definition) is 3. The van der Waals surface area contributed by atoms with E-state index in [1.165, 1.54) is 0 Å². The number of primary sulfonamides is 1. The second-order valence-corrected chi connectivity index (χ2v) is 6.84. The van der Waals surface area contributed by atoms with Crippen molar-refractivity contribution in [2.75, 3.05) is 6.54 Å². The number of sulfonamides is 1. The Kier molecular flexibility index (Phi) is 5.43. The van der Waals surface area contributed by atoms with Crippen LogP contribution in [0.3, 0.4) is 0 Å². The van der Waals surface area contributed by atoms with E-state index in [2.05, 4.69) is 0 Å². The number of nitrogens with two attached hydrogens (primary N) is 1. The number of carbonyl (C=O) groups excluding carboxylic acids is 1. The number of benzene rings is 1. The van der Waals surface area contributed by atoms with Gasteiger partial charge >= 0.3 is 0 Å². The Hall–Kier alpha value is -0.820. The van der Waals surface area contributed by atoms with E-state index in [0.717, 1.165) is 12.1 Å². The molecule has 1 aromatic rings. The fraction of sp³-hybridized carbons (Fsp3) is 0.417. The van der Waals surface area contributed by atoms with Gasteiger partial charge in [-0.15, -0.1) is 0 Å². The van der Waals surface area contributed by atoms with Crippen LogP contribution < -0.4 is 5.14 Å². The number of nitrogens with zero attached hydrogens (tertiary/aromatic N) is 1. The third-order valence-corrected chi connectivity index (χ3v) is 4.48. The van der Waals surface area contributed by atoms with Crippen molar-refractivity contribution in [1.82, 2.24) is 4.90 Å². The minimum atomic E-state index is -3.96. The minimum Gasteiger partial charge on any atom is -0.336 e. The summed E-state index contributed by atoms with van der Waals surface area (Å²) >= 11 is 11.9. The molecule has 0 saturated carbocycles. The van der Waals surface area contributed by atoms with Crippen molar-refractivity contribution in [2.24, 2.45) is 5.14 Å². The molecule has 5 nitrogen and oxygen atoms in total. The van der Waals surface area contributed by atoms with E-state index in [1.54, 1.807) is 4.90 Å². The van der Waals surface area contributed by atoms with E-state index in [1.807, 2.05) is 20.8 Å². The largest absolute Gasteiger partial charge is 0.336 e. The average molecular weight is 339 g/mol. The number of hydrogen-bond donors (Lipinski definition) is 1. The van der Waals surface area contributed by atoms with Gasteiger partial charge in [0.25, 0.3) is 5.91 Å². The lowest BCUT2D eigenvalue weighted by Gasteiger charge is -2.26. The second kappa shape index (κ2) is 6.30. The normalized spacial score (nSPS) is 11.8. The van der Waals surface area contributed by atoms with Crippen LogP contribution in [-0.4, -0.2) is 31.8 Å². The Bertz CT molecular complexity index is 630. The fourth-order valence-corrected chi connectivity index (χ4v) is 2.82. The lowest BCUT2D eigenvalue weighted by molar-refractivity contribution is 0.0717. The highest BCUT2D eigenvalue weighted by Gasteiger charge is 2.23. The number of amides is 1. The highest BCUT2D eigenvalue weighted by molar-refractivity contribution is 7.89. The van der Waals surface area contributed by atoms with Crippen LogP contribution in [0.25, 0.3) is 0 Å². The lowest BCUT2D eigenvalue weighted by atomic mass is 10.1. The molecule has 0 fully saturated rings. The summed E-state index contributed by atoms with van der Waals surface area (Å²) in [5.74, 6) is -0.389. The van der Waals surface area contributed by atoms with Crippen molar-refractivity contribution in [3.05, 3.63) is 27.7 Å². The smallest absolute Gasteiger partial charge is 0.255 e. The molecule has 0 aliphatic carbocycles. The first-order valence-electron chi connectivity index (χ1n) is 5.92. The van der Waals surface area contributed by atoms with Gasteiger partial charge in [-0.2, -0.15) is 0 Å². The van der Waals surface area contributed by atoms with E-state index in [9.17, 15) is 13.2 Å². The maximum absolute atomic E-state index is 12.4. The molecular weight excluding hydrogens is 323 g/mol. The van der Waals surface area contributed by atoms with E-state index >= 15 is 0 Å². The Labute approximate surface area is 128 Å². The van der Waals surface area contributed by atoms with Crippen LogP contribution in [-0.2, 0) is 10.0 Å². The van der Waals surface area contributed by atoms with Crippen molar-refractivity contribution in [1.29, 1.82) is 0 Å². The fourth-order valence-electron chi connectivity index (χ4n) is 1.78. The van der Waals surface area contributed by atoms with E-state index in [0.29, 0.717) is 6.54 Å². The molecule has 0 atom stereocenters. The summed E-state index contributed by atoms with van der Waals surface area (Å²) < 4.78 is 22.8. The lowest BCUT2D eigenvalue weighted by Crippen LogP contribution is -2.37. The van der Waals surface area contributed by atoms with Crippen molar-refractivity contribution in [3.63, 3.8) is 0 Å². The number of rotatable bonds is 4. The van der Waals surface area contributed by atoms with Gasteiger partial charge in [-0.1, -0.05) is 23.2 Å². The highest BCUT2D eigenvalue weighted by Crippen LogP contribution is 2.30. The van der Waals surface area contributed by atoms with Gasteiger partial charge < -0.3 is 4.90 Å². The van der Waals surface area contributed by atoms with E-state index in [4.69, 9.17) is 28.3 Å². The zero-order chi connectivity index (χ0) is 15.7. The van der Waals surface area contributed by atoms with Crippen molar-refractivity contribution >= 4 is 39.1 Å². The molecule has 0 radical (unpaired) electrons. The predicted octanol–water partition coefficient (Wildman–Crippen LogP) is 2.51. The highest BCUT2D eigenvalue weighted by atomic mass is 35.5. The second-order valence-electron chi connectivity index (χ2n) is 4.50. The molecule has 1 rings (SSSR count). The van der Waals surface area contributed by atoms with Gasteiger partial charge in [0.2, 0.25) is 10.0 Å². The van der Waals surface area contributed by atoms with Gasteiger partial charge in [0.1, 0.15) is 0 Å². The Balaban J connectivity index is 3.45. The molecule has 8 heteroatoms. The molecule has 0 spiro atoms. The predicted molar refractivity (Wildman–Crippen MR) is 79.7 cm³/mol. The molecule has 0 aliphatic rings. The SMILES string of the molecule is CCN(C(=O)c1cc(S(N)(=O)=O)cc(Cl)c1Cl)C(C)C. The quantitative estimate of drug-likeness (QED) is 0.915. The van der Waals surface area contributed by atoms with Crippen molar-refractivity contribution < 1.29 is 13.2 Å². The standard InChI is InChI=1S/C12H16Cl2N2O3S/c1-4-16(7(2)3)12(17)9-5-8(20(15,18)19)6-10(13)11(9)14/h5-7H,4H2,1-3H3,(H2,15,18,19). The van der Waals surface area contributed by atoms with Crippen LogP contribution in [0, 0.1) is 0 Å². The zero-order valence-corrected chi connectivity index (χ0v) is 13.7. The molecule has 1 aromatic carbocycles. The maximum atomic E-state index is 12.4. The molecule has 2 N–H and O–H groups in total. The monoisotopic (exact) mass is 338 g/mol. The van der Waals surface area contributed by atoms with Crippen molar-refractivity contribution in [2.45, 2.75) is 31.7 Å². The first-order chi connectivity index (χ1) is 9.09. The van der Waals surface area contributed by atoms with Gasteiger partial charge in [0, 0.05) is 12.6 Å². The van der Waals surface area contributed by atoms with Gasteiger partial charge in [-0.05, 0) is 32.9 Å². The third-order valence-electron chi connectivity index (χ3n) is 2.79. The summed E-state index contributed by atoms with van der Waals surface area (Å²) in [6.07, 6.45) is 0. The molecule has 0 bridgehead atoms. The van der Waals surface area contributed by atoms with Gasteiger partial charge in [0.05, 0.1) is 20.5 Å². The molecular formula is C12H16Cl2N2O3S. The van der Waals surface area contributed by atoms with Gasteiger partial charge in [-0.3, -0.25) is 4.79 Å². The summed E-state index contributed by atoms with van der Waals surface area (Å²) in [4.78, 5) is 13.7. The Morgan fingerprint density at radius 3 is 2.30 bits per heavy atom. The van der Waals surface area contributed by atoms with E-state index < -0.39 is 10.0 Å². The molecule has 20 heavy (non-hydrogen) atoms. The molecule has 0 aromatic heterocycles. The van der Waals surface area contributed by atoms with Crippen molar-refractivity contribution in [3.8, 4) is 0 Å². The summed E-state index contributed by atoms with van der Waals surface area (Å²) in [6, 6.07) is 2.22. The maximum Gasteiger partial charge on any atom is 0.255 e. The van der Waals surface area contributed by atoms with Gasteiger partial charge in [-0.25, -0.2) is 13.6 Å². The molecule has 0 saturated heterocycles. The summed E-state index contributed by atoms with van der Waals surface area (Å²) in [7, 11) is -3.96. The summed E-state index contributed by atoms with van der Waals surface area (Å²) in [5.41, 5.74) is 0.0266. The molecule has 0 heterocycles. The summed E-state index contributed by atoms with van der Waals surface area (Å²) in [6.45, 7) is 5.97. The molecule has 1 amide bonds. The first-order valence-corrected chi connectivity index (χ1v) is 8.22. The number of halogens is 2. The van der Waals surface area contributed by atoms with Crippen LogP contribution in [0.4, 0.5) is 0 Å². The number of carbonyl (C=O) groups is 1. The van der Waals surface area contributed by atoms with Gasteiger partial charge in [0.15, 0.2) is 0 Å². The summed E-state index contributed by atoms with van der Waals surface area (Å²) in [5, 5.41) is 5.05. The van der Waals surface area contributed by atoms with Crippen LogP contribution in [0.2, 0.25) is 10.0 Å². The van der Waals surface area contributed by atoms with Crippen LogP contribution in [0.5, 0.6) is 0 Å². The molecule has 0 unspecified atom stereocenters. The first kappa shape index (κ1) is 17.2. The topological polar surface area (TPSA) is 80.5 Å².